The summed E-state index contributed by atoms with van der Waals surface area (Å²) in [5, 5.41) is 7.57. The van der Waals surface area contributed by atoms with Crippen LogP contribution in [0.1, 0.15) is 15.9 Å². The number of primary sulfonamides is 1. The van der Waals surface area contributed by atoms with Crippen LogP contribution in [0.4, 0.5) is 5.69 Å². The third-order valence-corrected chi connectivity index (χ3v) is 7.66. The Morgan fingerprint density at radius 1 is 1.03 bits per heavy atom. The number of anilines is 1. The predicted octanol–water partition coefficient (Wildman–Crippen LogP) is 0.459. The fourth-order valence-corrected chi connectivity index (χ4v) is 5.00. The molecule has 1 amide bonds. The van der Waals surface area contributed by atoms with Crippen molar-refractivity contribution in [2.45, 2.75) is 16.7 Å². The molecule has 1 saturated heterocycles. The third-order valence-electron chi connectivity index (χ3n) is 4.84. The second-order valence-electron chi connectivity index (χ2n) is 7.19. The van der Waals surface area contributed by atoms with Gasteiger partial charge in [-0.2, -0.15) is 4.31 Å². The molecule has 178 valence electrons. The van der Waals surface area contributed by atoms with Crippen LogP contribution in [0.25, 0.3) is 0 Å². The van der Waals surface area contributed by atoms with E-state index in [9.17, 15) is 26.4 Å². The van der Waals surface area contributed by atoms with Gasteiger partial charge >= 0.3 is 5.97 Å². The molecule has 0 radical (unpaired) electrons. The number of esters is 1. The number of benzene rings is 2. The summed E-state index contributed by atoms with van der Waals surface area (Å²) in [5.41, 5.74) is 0.723. The molecule has 1 aliphatic rings. The fourth-order valence-electron chi connectivity index (χ4n) is 3.05. The normalized spacial score (nSPS) is 15.1. The molecule has 0 aromatic heterocycles. The largest absolute Gasteiger partial charge is 0.452 e. The molecule has 3 N–H and O–H groups in total. The SMILES string of the molecule is Cc1ccc(S(N)(=O)=O)cc1C(=O)OCC(=O)Nc1ccc(S(=O)(=O)N2CCOCC2)cc1. The van der Waals surface area contributed by atoms with Crippen LogP contribution in [0.2, 0.25) is 0 Å². The van der Waals surface area contributed by atoms with Crippen LogP contribution in [0.15, 0.2) is 52.3 Å². The maximum Gasteiger partial charge on any atom is 0.338 e. The summed E-state index contributed by atoms with van der Waals surface area (Å²) in [6.07, 6.45) is 0. The molecule has 0 spiro atoms. The highest BCUT2D eigenvalue weighted by atomic mass is 32.2. The number of nitrogens with one attached hydrogen (secondary N) is 1. The van der Waals surface area contributed by atoms with Crippen molar-refractivity contribution in [2.75, 3.05) is 38.2 Å². The molecule has 2 aromatic rings. The van der Waals surface area contributed by atoms with Crippen molar-refractivity contribution in [3.63, 3.8) is 0 Å². The molecular weight excluding hydrogens is 474 g/mol. The maximum absolute atomic E-state index is 12.6. The van der Waals surface area contributed by atoms with E-state index in [2.05, 4.69) is 5.32 Å². The van der Waals surface area contributed by atoms with Gasteiger partial charge in [-0.05, 0) is 48.9 Å². The average molecular weight is 498 g/mol. The first kappa shape index (κ1) is 24.8. The Labute approximate surface area is 191 Å². The molecule has 13 heteroatoms. The lowest BCUT2D eigenvalue weighted by molar-refractivity contribution is -0.119. The number of nitrogens with two attached hydrogens (primary N) is 1. The summed E-state index contributed by atoms with van der Waals surface area (Å²) < 4.78 is 59.7. The van der Waals surface area contributed by atoms with E-state index in [1.165, 1.54) is 40.7 Å². The molecule has 1 aliphatic heterocycles. The molecule has 11 nitrogen and oxygen atoms in total. The van der Waals surface area contributed by atoms with Crippen LogP contribution in [0.5, 0.6) is 0 Å². The van der Waals surface area contributed by atoms with Crippen molar-refractivity contribution < 1.29 is 35.9 Å². The van der Waals surface area contributed by atoms with Crippen LogP contribution < -0.4 is 10.5 Å². The van der Waals surface area contributed by atoms with E-state index in [0.29, 0.717) is 24.5 Å². The topological polar surface area (TPSA) is 162 Å². The number of sulfonamides is 2. The first-order chi connectivity index (χ1) is 15.5. The smallest absolute Gasteiger partial charge is 0.338 e. The standard InChI is InChI=1S/C20H23N3O8S2/c1-14-2-5-17(32(21,26)27)12-18(14)20(25)31-13-19(24)22-15-3-6-16(7-4-15)33(28,29)23-8-10-30-11-9-23/h2-7,12H,8-11,13H2,1H3,(H,22,24)(H2,21,26,27). The lowest BCUT2D eigenvalue weighted by atomic mass is 10.1. The Morgan fingerprint density at radius 3 is 2.24 bits per heavy atom. The first-order valence-electron chi connectivity index (χ1n) is 9.77. The zero-order valence-electron chi connectivity index (χ0n) is 17.7. The second-order valence-corrected chi connectivity index (χ2v) is 10.7. The number of aryl methyl sites for hydroxylation is 1. The van der Waals surface area contributed by atoms with Gasteiger partial charge in [-0.15, -0.1) is 0 Å². The van der Waals surface area contributed by atoms with Crippen LogP contribution in [0, 0.1) is 6.92 Å². The summed E-state index contributed by atoms with van der Waals surface area (Å²) in [6, 6.07) is 9.33. The van der Waals surface area contributed by atoms with Gasteiger partial charge in [-0.3, -0.25) is 4.79 Å². The van der Waals surface area contributed by atoms with Gasteiger partial charge in [0.2, 0.25) is 20.0 Å². The van der Waals surface area contributed by atoms with Crippen LogP contribution in [-0.4, -0.2) is 65.9 Å². The quantitative estimate of drug-likeness (QED) is 0.521. The predicted molar refractivity (Wildman–Crippen MR) is 117 cm³/mol. The van der Waals surface area contributed by atoms with E-state index in [4.69, 9.17) is 14.6 Å². The number of nitrogens with zero attached hydrogens (tertiary/aromatic N) is 1. The lowest BCUT2D eigenvalue weighted by Crippen LogP contribution is -2.40. The molecule has 33 heavy (non-hydrogen) atoms. The van der Waals surface area contributed by atoms with Gasteiger partial charge in [0.15, 0.2) is 6.61 Å². The van der Waals surface area contributed by atoms with Crippen molar-refractivity contribution in [1.82, 2.24) is 4.31 Å². The Morgan fingerprint density at radius 2 is 1.64 bits per heavy atom. The van der Waals surface area contributed by atoms with Gasteiger partial charge in [-0.1, -0.05) is 6.07 Å². The molecular formula is C20H23N3O8S2. The summed E-state index contributed by atoms with van der Waals surface area (Å²) in [4.78, 5) is 24.3. The van der Waals surface area contributed by atoms with E-state index < -0.39 is 38.5 Å². The Kier molecular flexibility index (Phi) is 7.49. The molecule has 0 unspecified atom stereocenters. The number of hydrogen-bond donors (Lipinski definition) is 2. The first-order valence-corrected chi connectivity index (χ1v) is 12.8. The molecule has 0 aliphatic carbocycles. The number of ether oxygens (including phenoxy) is 2. The van der Waals surface area contributed by atoms with Crippen molar-refractivity contribution in [3.05, 3.63) is 53.6 Å². The van der Waals surface area contributed by atoms with Crippen molar-refractivity contribution in [3.8, 4) is 0 Å². The molecule has 2 aromatic carbocycles. The summed E-state index contributed by atoms with van der Waals surface area (Å²) in [7, 11) is -7.67. The average Bonchev–Trinajstić information content (AvgIpc) is 2.78. The number of morpholine rings is 1. The minimum Gasteiger partial charge on any atom is -0.452 e. The minimum atomic E-state index is -4.01. The highest BCUT2D eigenvalue weighted by Crippen LogP contribution is 2.20. The zero-order valence-corrected chi connectivity index (χ0v) is 19.3. The molecule has 3 rings (SSSR count). The van der Waals surface area contributed by atoms with Crippen molar-refractivity contribution in [1.29, 1.82) is 0 Å². The van der Waals surface area contributed by atoms with Crippen LogP contribution in [-0.2, 0) is 34.3 Å². The highest BCUT2D eigenvalue weighted by molar-refractivity contribution is 7.89. The Bertz CT molecular complexity index is 1250. The Balaban J connectivity index is 1.60. The fraction of sp³-hybridized carbons (Fsp3) is 0.300. The number of rotatable bonds is 7. The number of amides is 1. The zero-order chi connectivity index (χ0) is 24.2. The van der Waals surface area contributed by atoms with E-state index in [0.717, 1.165) is 6.07 Å². The highest BCUT2D eigenvalue weighted by Gasteiger charge is 2.26. The van der Waals surface area contributed by atoms with E-state index in [1.807, 2.05) is 0 Å². The van der Waals surface area contributed by atoms with Gasteiger partial charge in [0, 0.05) is 18.8 Å². The van der Waals surface area contributed by atoms with Crippen LogP contribution in [0.3, 0.4) is 0 Å². The van der Waals surface area contributed by atoms with E-state index >= 15 is 0 Å². The molecule has 0 atom stereocenters. The molecule has 1 fully saturated rings. The van der Waals surface area contributed by atoms with Gasteiger partial charge in [0.1, 0.15) is 0 Å². The number of hydrogen-bond acceptors (Lipinski definition) is 8. The number of carbonyl (C=O) groups is 2. The minimum absolute atomic E-state index is 0.0352. The number of carbonyl (C=O) groups excluding carboxylic acids is 2. The summed E-state index contributed by atoms with van der Waals surface area (Å²) in [6.45, 7) is 2.15. The lowest BCUT2D eigenvalue weighted by Gasteiger charge is -2.26. The van der Waals surface area contributed by atoms with Crippen molar-refractivity contribution >= 4 is 37.6 Å². The molecule has 0 bridgehead atoms. The van der Waals surface area contributed by atoms with Crippen molar-refractivity contribution in [2.24, 2.45) is 5.14 Å². The summed E-state index contributed by atoms with van der Waals surface area (Å²) >= 11 is 0. The third kappa shape index (κ3) is 6.15. The van der Waals surface area contributed by atoms with E-state index in [-0.39, 0.29) is 28.4 Å². The van der Waals surface area contributed by atoms with Crippen LogP contribution >= 0.6 is 0 Å². The monoisotopic (exact) mass is 497 g/mol. The summed E-state index contributed by atoms with van der Waals surface area (Å²) in [5.74, 6) is -1.55. The van der Waals surface area contributed by atoms with Gasteiger partial charge in [0.25, 0.3) is 5.91 Å². The molecule has 0 saturated carbocycles. The Hall–Kier alpha value is -2.84. The second kappa shape index (κ2) is 9.97. The maximum atomic E-state index is 12.6. The molecule has 1 heterocycles. The van der Waals surface area contributed by atoms with E-state index in [1.54, 1.807) is 6.92 Å². The van der Waals surface area contributed by atoms with Gasteiger partial charge in [-0.25, -0.2) is 26.8 Å². The van der Waals surface area contributed by atoms with Gasteiger partial charge < -0.3 is 14.8 Å². The van der Waals surface area contributed by atoms with Gasteiger partial charge in [0.05, 0.1) is 28.6 Å².